The van der Waals surface area contributed by atoms with E-state index in [0.29, 0.717) is 22.5 Å². The molecule has 0 spiro atoms. The van der Waals surface area contributed by atoms with E-state index in [-0.39, 0.29) is 4.90 Å². The Morgan fingerprint density at radius 1 is 1.10 bits per heavy atom. The molecule has 0 bridgehead atoms. The molecule has 0 unspecified atom stereocenters. The van der Waals surface area contributed by atoms with Crippen LogP contribution in [0, 0.1) is 13.8 Å². The first-order chi connectivity index (χ1) is 9.83. The minimum absolute atomic E-state index is 0.284. The molecule has 0 atom stereocenters. The van der Waals surface area contributed by atoms with Crippen LogP contribution >= 0.6 is 11.8 Å². The molecule has 2 aromatic carbocycles. The summed E-state index contributed by atoms with van der Waals surface area (Å²) in [5.41, 5.74) is 8.14. The van der Waals surface area contributed by atoms with Crippen molar-refractivity contribution in [1.29, 1.82) is 0 Å². The summed E-state index contributed by atoms with van der Waals surface area (Å²) in [4.78, 5) is 1.28. The first-order valence-corrected chi connectivity index (χ1v) is 9.08. The minimum Gasteiger partial charge on any atom is -0.399 e. The van der Waals surface area contributed by atoms with E-state index in [1.165, 1.54) is 0 Å². The van der Waals surface area contributed by atoms with Crippen molar-refractivity contribution in [3.8, 4) is 0 Å². The number of rotatable bonds is 4. The molecule has 0 fully saturated rings. The van der Waals surface area contributed by atoms with E-state index in [9.17, 15) is 8.42 Å². The number of benzene rings is 2. The molecule has 3 N–H and O–H groups in total. The van der Waals surface area contributed by atoms with E-state index in [0.717, 1.165) is 4.90 Å². The van der Waals surface area contributed by atoms with Gasteiger partial charge in [-0.3, -0.25) is 4.72 Å². The van der Waals surface area contributed by atoms with Crippen molar-refractivity contribution >= 4 is 33.2 Å². The number of sulfonamides is 1. The van der Waals surface area contributed by atoms with Gasteiger partial charge in [0.15, 0.2) is 0 Å². The van der Waals surface area contributed by atoms with Gasteiger partial charge in [0, 0.05) is 16.3 Å². The van der Waals surface area contributed by atoms with Crippen LogP contribution in [0.5, 0.6) is 0 Å². The first kappa shape index (κ1) is 15.7. The number of nitrogens with one attached hydrogen (secondary N) is 1. The van der Waals surface area contributed by atoms with Crippen LogP contribution in [-0.2, 0) is 10.0 Å². The third-order valence-electron chi connectivity index (χ3n) is 3.07. The maximum atomic E-state index is 12.6. The van der Waals surface area contributed by atoms with Gasteiger partial charge in [-0.25, -0.2) is 8.42 Å². The summed E-state index contributed by atoms with van der Waals surface area (Å²) < 4.78 is 27.8. The molecular weight excluding hydrogens is 304 g/mol. The predicted molar refractivity (Wildman–Crippen MR) is 89.4 cm³/mol. The van der Waals surface area contributed by atoms with Crippen LogP contribution < -0.4 is 10.5 Å². The summed E-state index contributed by atoms with van der Waals surface area (Å²) in [6, 6.07) is 10.6. The minimum atomic E-state index is -3.63. The first-order valence-electron chi connectivity index (χ1n) is 6.37. The van der Waals surface area contributed by atoms with E-state index in [1.807, 2.05) is 24.5 Å². The van der Waals surface area contributed by atoms with Crippen LogP contribution in [0.15, 0.2) is 46.2 Å². The standard InChI is InChI=1S/C15H18N2O2S2/c1-10-7-12(16)8-11(2)15(10)21(18,19)17-13-5-4-6-14(9-13)20-3/h4-9,17H,16H2,1-3H3. The van der Waals surface area contributed by atoms with Gasteiger partial charge < -0.3 is 5.73 Å². The monoisotopic (exact) mass is 322 g/mol. The largest absolute Gasteiger partial charge is 0.399 e. The van der Waals surface area contributed by atoms with Gasteiger partial charge in [0.1, 0.15) is 0 Å². The number of hydrogen-bond donors (Lipinski definition) is 2. The van der Waals surface area contributed by atoms with E-state index in [4.69, 9.17) is 5.73 Å². The van der Waals surface area contributed by atoms with Gasteiger partial charge in [-0.1, -0.05) is 6.07 Å². The Balaban J connectivity index is 2.43. The molecule has 21 heavy (non-hydrogen) atoms. The molecule has 0 heterocycles. The van der Waals surface area contributed by atoms with Gasteiger partial charge in [0.2, 0.25) is 0 Å². The fourth-order valence-electron chi connectivity index (χ4n) is 2.30. The Morgan fingerprint density at radius 2 is 1.71 bits per heavy atom. The van der Waals surface area contributed by atoms with Gasteiger partial charge in [-0.05, 0) is 61.6 Å². The van der Waals surface area contributed by atoms with Crippen molar-refractivity contribution in [2.75, 3.05) is 16.7 Å². The molecule has 6 heteroatoms. The molecule has 4 nitrogen and oxygen atoms in total. The summed E-state index contributed by atoms with van der Waals surface area (Å²) >= 11 is 1.56. The van der Waals surface area contributed by atoms with Gasteiger partial charge in [-0.2, -0.15) is 0 Å². The van der Waals surface area contributed by atoms with Crippen LogP contribution in [0.3, 0.4) is 0 Å². The number of thioether (sulfide) groups is 1. The SMILES string of the molecule is CSc1cccc(NS(=O)(=O)c2c(C)cc(N)cc2C)c1. The maximum Gasteiger partial charge on any atom is 0.262 e. The third kappa shape index (κ3) is 3.51. The Kier molecular flexibility index (Phi) is 4.49. The summed E-state index contributed by atoms with van der Waals surface area (Å²) in [5.74, 6) is 0. The van der Waals surface area contributed by atoms with Crippen LogP contribution in [0.25, 0.3) is 0 Å². The van der Waals surface area contributed by atoms with Crippen molar-refractivity contribution < 1.29 is 8.42 Å². The summed E-state index contributed by atoms with van der Waals surface area (Å²) in [6.07, 6.45) is 1.95. The highest BCUT2D eigenvalue weighted by Gasteiger charge is 2.20. The molecule has 0 amide bonds. The van der Waals surface area contributed by atoms with Crippen LogP contribution in [-0.4, -0.2) is 14.7 Å². The molecule has 0 aromatic heterocycles. The molecular formula is C15H18N2O2S2. The zero-order valence-corrected chi connectivity index (χ0v) is 13.8. The lowest BCUT2D eigenvalue weighted by Crippen LogP contribution is -2.16. The predicted octanol–water partition coefficient (Wildman–Crippen LogP) is 3.41. The number of nitrogen functional groups attached to an aromatic ring is 1. The Morgan fingerprint density at radius 3 is 2.29 bits per heavy atom. The fraction of sp³-hybridized carbons (Fsp3) is 0.200. The summed E-state index contributed by atoms with van der Waals surface area (Å²) in [6.45, 7) is 3.49. The zero-order chi connectivity index (χ0) is 15.6. The molecule has 0 saturated carbocycles. The molecule has 0 aliphatic heterocycles. The van der Waals surface area contributed by atoms with Crippen molar-refractivity contribution in [2.45, 2.75) is 23.6 Å². The molecule has 0 saturated heterocycles. The molecule has 2 aromatic rings. The summed E-state index contributed by atoms with van der Waals surface area (Å²) in [7, 11) is -3.63. The van der Waals surface area contributed by atoms with E-state index >= 15 is 0 Å². The Hall–Kier alpha value is -1.66. The Bertz CT molecular complexity index is 748. The molecule has 0 radical (unpaired) electrons. The number of hydrogen-bond acceptors (Lipinski definition) is 4. The van der Waals surface area contributed by atoms with Crippen molar-refractivity contribution in [2.24, 2.45) is 0 Å². The normalized spacial score (nSPS) is 11.4. The van der Waals surface area contributed by atoms with Gasteiger partial charge >= 0.3 is 0 Å². The highest BCUT2D eigenvalue weighted by molar-refractivity contribution is 7.98. The van der Waals surface area contributed by atoms with E-state index in [1.54, 1.807) is 43.8 Å². The number of aryl methyl sites for hydroxylation is 2. The van der Waals surface area contributed by atoms with Crippen molar-refractivity contribution in [3.05, 3.63) is 47.5 Å². The lowest BCUT2D eigenvalue weighted by Gasteiger charge is -2.14. The molecule has 2 rings (SSSR count). The van der Waals surface area contributed by atoms with E-state index in [2.05, 4.69) is 4.72 Å². The second kappa shape index (κ2) is 5.99. The van der Waals surface area contributed by atoms with Gasteiger partial charge in [-0.15, -0.1) is 11.8 Å². The highest BCUT2D eigenvalue weighted by atomic mass is 32.2. The second-order valence-corrected chi connectivity index (χ2v) is 7.32. The van der Waals surface area contributed by atoms with Crippen molar-refractivity contribution in [1.82, 2.24) is 0 Å². The summed E-state index contributed by atoms with van der Waals surface area (Å²) in [5, 5.41) is 0. The molecule has 0 aliphatic carbocycles. The quantitative estimate of drug-likeness (QED) is 0.668. The Labute approximate surface area is 129 Å². The van der Waals surface area contributed by atoms with Gasteiger partial charge in [0.25, 0.3) is 10.0 Å². The molecule has 112 valence electrons. The molecule has 0 aliphatic rings. The average molecular weight is 322 g/mol. The third-order valence-corrected chi connectivity index (χ3v) is 5.48. The van der Waals surface area contributed by atoms with Crippen LogP contribution in [0.4, 0.5) is 11.4 Å². The smallest absolute Gasteiger partial charge is 0.262 e. The number of anilines is 2. The second-order valence-electron chi connectivity index (χ2n) is 4.82. The average Bonchev–Trinajstić information content (AvgIpc) is 2.36. The maximum absolute atomic E-state index is 12.6. The van der Waals surface area contributed by atoms with Crippen LogP contribution in [0.1, 0.15) is 11.1 Å². The van der Waals surface area contributed by atoms with Crippen LogP contribution in [0.2, 0.25) is 0 Å². The number of nitrogens with two attached hydrogens (primary N) is 1. The van der Waals surface area contributed by atoms with Gasteiger partial charge in [0.05, 0.1) is 4.90 Å². The topological polar surface area (TPSA) is 72.2 Å². The van der Waals surface area contributed by atoms with Crippen molar-refractivity contribution in [3.63, 3.8) is 0 Å². The zero-order valence-electron chi connectivity index (χ0n) is 12.2. The van der Waals surface area contributed by atoms with E-state index < -0.39 is 10.0 Å². The fourth-order valence-corrected chi connectivity index (χ4v) is 4.26. The lowest BCUT2D eigenvalue weighted by molar-refractivity contribution is 0.600. The highest BCUT2D eigenvalue weighted by Crippen LogP contribution is 2.26. The lowest BCUT2D eigenvalue weighted by atomic mass is 10.1.